The van der Waals surface area contributed by atoms with E-state index in [4.69, 9.17) is 4.74 Å². The van der Waals surface area contributed by atoms with Crippen molar-refractivity contribution in [3.05, 3.63) is 54.4 Å². The summed E-state index contributed by atoms with van der Waals surface area (Å²) in [5.74, 6) is -0.0836. The number of benzene rings is 1. The first-order valence-electron chi connectivity index (χ1n) is 8.96. The average molecular weight is 367 g/mol. The smallest absolute Gasteiger partial charge is 0.321 e. The number of aromatic nitrogens is 2. The molecule has 4 rings (SSSR count). The molecule has 3 heterocycles. The lowest BCUT2D eigenvalue weighted by Gasteiger charge is -2.40. The summed E-state index contributed by atoms with van der Waals surface area (Å²) in [6.45, 7) is 2.50. The molecule has 0 radical (unpaired) electrons. The van der Waals surface area contributed by atoms with Crippen LogP contribution in [0.25, 0.3) is 0 Å². The molecule has 2 aromatic rings. The van der Waals surface area contributed by atoms with Crippen molar-refractivity contribution in [2.45, 2.75) is 12.0 Å². The lowest BCUT2D eigenvalue weighted by Crippen LogP contribution is -2.55. The highest BCUT2D eigenvalue weighted by molar-refractivity contribution is 5.94. The zero-order chi connectivity index (χ0) is 18.7. The highest BCUT2D eigenvalue weighted by atomic mass is 16.5. The molecule has 2 aliphatic rings. The second-order valence-electron chi connectivity index (χ2n) is 6.86. The number of hydrogen-bond donors (Lipinski definition) is 1. The molecule has 8 nitrogen and oxygen atoms in total. The monoisotopic (exact) mass is 367 g/mol. The second-order valence-corrected chi connectivity index (χ2v) is 6.86. The van der Waals surface area contributed by atoms with Gasteiger partial charge >= 0.3 is 6.03 Å². The van der Waals surface area contributed by atoms with Gasteiger partial charge in [0, 0.05) is 18.8 Å². The fraction of sp³-hybridized carbons (Fsp3) is 0.368. The Bertz CT molecular complexity index is 817. The van der Waals surface area contributed by atoms with Crippen molar-refractivity contribution in [1.82, 2.24) is 20.0 Å². The fourth-order valence-corrected chi connectivity index (χ4v) is 3.61. The zero-order valence-electron chi connectivity index (χ0n) is 14.9. The Morgan fingerprint density at radius 2 is 1.85 bits per heavy atom. The summed E-state index contributed by atoms with van der Waals surface area (Å²) in [7, 11) is 0. The van der Waals surface area contributed by atoms with Crippen molar-refractivity contribution in [2.75, 3.05) is 38.1 Å². The van der Waals surface area contributed by atoms with Crippen LogP contribution in [-0.2, 0) is 4.74 Å². The van der Waals surface area contributed by atoms with E-state index in [1.807, 2.05) is 30.3 Å². The molecule has 140 valence electrons. The second kappa shape index (κ2) is 7.32. The summed E-state index contributed by atoms with van der Waals surface area (Å²) in [6.07, 6.45) is 3.68. The van der Waals surface area contributed by atoms with Gasteiger partial charge in [-0.3, -0.25) is 4.79 Å². The number of amides is 3. The maximum Gasteiger partial charge on any atom is 0.321 e. The predicted molar refractivity (Wildman–Crippen MR) is 98.3 cm³/mol. The molecule has 2 saturated heterocycles. The van der Waals surface area contributed by atoms with Crippen LogP contribution >= 0.6 is 0 Å². The number of hydrogen-bond acceptors (Lipinski definition) is 5. The van der Waals surface area contributed by atoms with E-state index in [0.717, 1.165) is 5.69 Å². The molecule has 27 heavy (non-hydrogen) atoms. The molecule has 1 atom stereocenters. The number of para-hydroxylation sites is 1. The Kier molecular flexibility index (Phi) is 4.72. The summed E-state index contributed by atoms with van der Waals surface area (Å²) in [5, 5.41) is 10.4. The van der Waals surface area contributed by atoms with Crippen molar-refractivity contribution < 1.29 is 14.3 Å². The molecule has 3 amide bonds. The zero-order valence-corrected chi connectivity index (χ0v) is 14.9. The third kappa shape index (κ3) is 3.75. The number of urea groups is 1. The third-order valence-electron chi connectivity index (χ3n) is 5.00. The van der Waals surface area contributed by atoms with E-state index in [1.54, 1.807) is 15.9 Å². The number of nitrogens with one attached hydrogen (secondary N) is 1. The van der Waals surface area contributed by atoms with Gasteiger partial charge in [-0.2, -0.15) is 10.2 Å². The lowest BCUT2D eigenvalue weighted by atomic mass is 10.00. The normalized spacial score (nSPS) is 22.1. The van der Waals surface area contributed by atoms with E-state index >= 15 is 0 Å². The van der Waals surface area contributed by atoms with Crippen LogP contribution in [-0.4, -0.2) is 70.3 Å². The van der Waals surface area contributed by atoms with Crippen LogP contribution in [0.2, 0.25) is 0 Å². The van der Waals surface area contributed by atoms with Crippen LogP contribution in [0.5, 0.6) is 0 Å². The number of anilines is 1. The van der Waals surface area contributed by atoms with Gasteiger partial charge in [0.2, 0.25) is 0 Å². The maximum absolute atomic E-state index is 12.7. The Balaban J connectivity index is 1.40. The van der Waals surface area contributed by atoms with Crippen molar-refractivity contribution in [2.24, 2.45) is 0 Å². The number of morpholine rings is 1. The molecule has 1 aromatic heterocycles. The molecule has 1 aromatic carbocycles. The van der Waals surface area contributed by atoms with Crippen molar-refractivity contribution in [1.29, 1.82) is 0 Å². The van der Waals surface area contributed by atoms with Gasteiger partial charge in [-0.15, -0.1) is 0 Å². The first-order chi connectivity index (χ1) is 13.2. The fourth-order valence-electron chi connectivity index (χ4n) is 3.61. The Morgan fingerprint density at radius 3 is 2.63 bits per heavy atom. The highest BCUT2D eigenvalue weighted by Crippen LogP contribution is 2.30. The van der Waals surface area contributed by atoms with Gasteiger partial charge in [-0.1, -0.05) is 18.2 Å². The van der Waals surface area contributed by atoms with Gasteiger partial charge in [0.1, 0.15) is 5.60 Å². The van der Waals surface area contributed by atoms with Crippen molar-refractivity contribution in [3.63, 3.8) is 0 Å². The minimum absolute atomic E-state index is 0.0836. The largest absolute Gasteiger partial charge is 0.369 e. The number of carbonyl (C=O) groups excluding carboxylic acids is 2. The van der Waals surface area contributed by atoms with Crippen LogP contribution in [0, 0.1) is 0 Å². The van der Waals surface area contributed by atoms with Crippen molar-refractivity contribution in [3.8, 4) is 0 Å². The van der Waals surface area contributed by atoms with Crippen molar-refractivity contribution >= 4 is 17.6 Å². The summed E-state index contributed by atoms with van der Waals surface area (Å²) in [6, 6.07) is 10.9. The van der Waals surface area contributed by atoms with Crippen LogP contribution in [0.15, 0.2) is 48.8 Å². The average Bonchev–Trinajstić information content (AvgIpc) is 3.12. The van der Waals surface area contributed by atoms with Crippen LogP contribution < -0.4 is 5.32 Å². The molecule has 2 aliphatic heterocycles. The Hall–Kier alpha value is -3.00. The molecule has 0 unspecified atom stereocenters. The van der Waals surface area contributed by atoms with E-state index in [-0.39, 0.29) is 11.9 Å². The third-order valence-corrected chi connectivity index (χ3v) is 5.00. The minimum Gasteiger partial charge on any atom is -0.369 e. The quantitative estimate of drug-likeness (QED) is 0.872. The topological polar surface area (TPSA) is 87.7 Å². The number of rotatable bonds is 2. The summed E-state index contributed by atoms with van der Waals surface area (Å²) in [5.41, 5.74) is 0.760. The van der Waals surface area contributed by atoms with Crippen LogP contribution in [0.4, 0.5) is 10.5 Å². The Labute approximate surface area is 157 Å². The molecule has 1 N–H and O–H groups in total. The minimum atomic E-state index is -0.512. The van der Waals surface area contributed by atoms with E-state index in [0.29, 0.717) is 44.8 Å². The standard InChI is InChI=1S/C19H21N5O3/c25-17(15-6-8-20-21-12-15)23-10-11-27-19(13-23)7-9-24(14-19)18(26)22-16-4-2-1-3-5-16/h1-6,8,12H,7,9-11,13-14H2,(H,22,26)/t19-/m0/s1. The van der Waals surface area contributed by atoms with Gasteiger partial charge in [0.05, 0.1) is 37.7 Å². The maximum atomic E-state index is 12.7. The first kappa shape index (κ1) is 17.4. The van der Waals surface area contributed by atoms with E-state index in [9.17, 15) is 9.59 Å². The number of nitrogens with zero attached hydrogens (tertiary/aromatic N) is 4. The van der Waals surface area contributed by atoms with Gasteiger partial charge in [0.15, 0.2) is 0 Å². The molecular formula is C19H21N5O3. The molecular weight excluding hydrogens is 346 g/mol. The molecule has 0 bridgehead atoms. The van der Waals surface area contributed by atoms with Crippen LogP contribution in [0.3, 0.4) is 0 Å². The Morgan fingerprint density at radius 1 is 1.04 bits per heavy atom. The number of ether oxygens (including phenoxy) is 1. The SMILES string of the molecule is O=C(Nc1ccccc1)N1CC[C@@]2(C1)CN(C(=O)c1ccnnc1)CCO2. The predicted octanol–water partition coefficient (Wildman–Crippen LogP) is 1.63. The van der Waals surface area contributed by atoms with Gasteiger partial charge in [-0.05, 0) is 24.6 Å². The van der Waals surface area contributed by atoms with E-state index in [1.165, 1.54) is 12.4 Å². The van der Waals surface area contributed by atoms with Gasteiger partial charge in [0.25, 0.3) is 5.91 Å². The molecule has 0 saturated carbocycles. The summed E-state index contributed by atoms with van der Waals surface area (Å²) in [4.78, 5) is 28.8. The number of carbonyl (C=O) groups is 2. The molecule has 2 fully saturated rings. The first-order valence-corrected chi connectivity index (χ1v) is 8.96. The molecule has 0 aliphatic carbocycles. The summed E-state index contributed by atoms with van der Waals surface area (Å²) >= 11 is 0. The highest BCUT2D eigenvalue weighted by Gasteiger charge is 2.45. The lowest BCUT2D eigenvalue weighted by molar-refractivity contribution is -0.0900. The van der Waals surface area contributed by atoms with E-state index in [2.05, 4.69) is 15.5 Å². The van der Waals surface area contributed by atoms with Gasteiger partial charge in [-0.25, -0.2) is 4.79 Å². The molecule has 8 heteroatoms. The summed E-state index contributed by atoms with van der Waals surface area (Å²) < 4.78 is 6.03. The van der Waals surface area contributed by atoms with Crippen LogP contribution in [0.1, 0.15) is 16.8 Å². The van der Waals surface area contributed by atoms with Gasteiger partial charge < -0.3 is 19.9 Å². The van der Waals surface area contributed by atoms with E-state index < -0.39 is 5.60 Å². The number of likely N-dealkylation sites (tertiary alicyclic amines) is 1. The molecule has 1 spiro atoms.